The van der Waals surface area contributed by atoms with Gasteiger partial charge in [0, 0.05) is 42.7 Å². The van der Waals surface area contributed by atoms with Crippen LogP contribution in [0.3, 0.4) is 0 Å². The minimum absolute atomic E-state index is 0.0345. The van der Waals surface area contributed by atoms with Gasteiger partial charge in [0.1, 0.15) is 0 Å². The van der Waals surface area contributed by atoms with Crippen molar-refractivity contribution in [1.82, 2.24) is 15.0 Å². The number of aromatic nitrogens is 3. The minimum atomic E-state index is -4.19. The van der Waals surface area contributed by atoms with Gasteiger partial charge in [0.15, 0.2) is 15.1 Å². The number of carboxylic acid groups (broad SMARTS) is 1. The highest BCUT2D eigenvalue weighted by Gasteiger charge is 2.30. The molecule has 3 aromatic rings. The largest absolute Gasteiger partial charge is 0.481 e. The number of benzene rings is 1. The Balaban J connectivity index is 1.40. The standard InChI is InChI=1S/C25H28N6O7S2/c32-20(33)14-19-22(40(36,37)25-26-7-8-27-25)39-24(29-19)30-23(35)28-18-6-5-16(31-9-11-38-12-10-31)13-17(18)21(34)15-3-1-2-4-15/h5-8,13,15H,1-4,9-12,14H2,(H,26,27)(H,32,33)(H2,28,29,30,35). The number of thiazole rings is 1. The van der Waals surface area contributed by atoms with Crippen LogP contribution in [-0.4, -0.2) is 72.6 Å². The van der Waals surface area contributed by atoms with Crippen LogP contribution in [0, 0.1) is 5.92 Å². The highest BCUT2D eigenvalue weighted by molar-refractivity contribution is 7.93. The van der Waals surface area contributed by atoms with Gasteiger partial charge in [-0.2, -0.15) is 0 Å². The molecule has 0 bridgehead atoms. The third-order valence-electron chi connectivity index (χ3n) is 6.79. The lowest BCUT2D eigenvalue weighted by Crippen LogP contribution is -2.36. The zero-order valence-corrected chi connectivity index (χ0v) is 23.0. The fourth-order valence-corrected chi connectivity index (χ4v) is 7.51. The predicted molar refractivity (Wildman–Crippen MR) is 146 cm³/mol. The number of sulfone groups is 1. The van der Waals surface area contributed by atoms with E-state index in [9.17, 15) is 27.9 Å². The van der Waals surface area contributed by atoms with Crippen molar-refractivity contribution < 1.29 is 32.6 Å². The molecule has 2 amide bonds. The summed E-state index contributed by atoms with van der Waals surface area (Å²) in [5, 5.41) is 14.0. The Bertz CT molecular complexity index is 1510. The number of hydrogen-bond donors (Lipinski definition) is 4. The lowest BCUT2D eigenvalue weighted by molar-refractivity contribution is -0.136. The first-order chi connectivity index (χ1) is 19.2. The smallest absolute Gasteiger partial charge is 0.325 e. The number of morpholine rings is 1. The Morgan fingerprint density at radius 1 is 1.15 bits per heavy atom. The third kappa shape index (κ3) is 6.00. The molecule has 1 saturated heterocycles. The SMILES string of the molecule is O=C(O)Cc1nc(NC(=O)Nc2ccc(N3CCOCC3)cc2C(=O)C2CCCC2)sc1S(=O)(=O)c1ncc[nH]1. The van der Waals surface area contributed by atoms with Crippen LogP contribution in [0.2, 0.25) is 0 Å². The van der Waals surface area contributed by atoms with Crippen LogP contribution in [-0.2, 0) is 25.8 Å². The third-order valence-corrected chi connectivity index (χ3v) is 9.96. The summed E-state index contributed by atoms with van der Waals surface area (Å²) in [5.41, 5.74) is 1.35. The van der Waals surface area contributed by atoms with Crippen molar-refractivity contribution in [3.8, 4) is 0 Å². The number of imidazole rings is 1. The van der Waals surface area contributed by atoms with E-state index in [1.807, 2.05) is 6.07 Å². The van der Waals surface area contributed by atoms with Gasteiger partial charge in [-0.05, 0) is 31.0 Å². The Morgan fingerprint density at radius 2 is 1.90 bits per heavy atom. The van der Waals surface area contributed by atoms with Gasteiger partial charge in [-0.15, -0.1) is 0 Å². The second-order valence-corrected chi connectivity index (χ2v) is 12.5. The number of ether oxygens (including phenoxy) is 1. The number of nitrogens with zero attached hydrogens (tertiary/aromatic N) is 3. The number of aromatic amines is 1. The number of H-pyrrole nitrogens is 1. The van der Waals surface area contributed by atoms with Crippen molar-refractivity contribution in [2.45, 2.75) is 41.5 Å². The highest BCUT2D eigenvalue weighted by Crippen LogP contribution is 2.34. The van der Waals surface area contributed by atoms with Crippen molar-refractivity contribution >= 4 is 55.5 Å². The summed E-state index contributed by atoms with van der Waals surface area (Å²) >= 11 is 0.618. The van der Waals surface area contributed by atoms with Crippen LogP contribution in [0.25, 0.3) is 0 Å². The maximum Gasteiger partial charge on any atom is 0.325 e. The molecule has 1 aliphatic heterocycles. The van der Waals surface area contributed by atoms with Gasteiger partial charge in [-0.1, -0.05) is 24.2 Å². The van der Waals surface area contributed by atoms with E-state index in [2.05, 4.69) is 30.5 Å². The maximum atomic E-state index is 13.5. The number of anilines is 3. The van der Waals surface area contributed by atoms with Gasteiger partial charge in [0.05, 0.1) is 31.0 Å². The van der Waals surface area contributed by atoms with Crippen molar-refractivity contribution in [3.63, 3.8) is 0 Å². The van der Waals surface area contributed by atoms with Gasteiger partial charge in [-0.25, -0.2) is 23.2 Å². The topological polar surface area (TPSA) is 184 Å². The number of nitrogens with one attached hydrogen (secondary N) is 3. The van der Waals surface area contributed by atoms with E-state index >= 15 is 0 Å². The summed E-state index contributed by atoms with van der Waals surface area (Å²) < 4.78 is 31.1. The molecule has 15 heteroatoms. The number of Topliss-reactive ketones (excluding diaryl/α,β-unsaturated/α-hetero) is 1. The van der Waals surface area contributed by atoms with Crippen molar-refractivity contribution in [2.75, 3.05) is 41.8 Å². The van der Waals surface area contributed by atoms with E-state index in [0.717, 1.165) is 31.4 Å². The van der Waals surface area contributed by atoms with Crippen LogP contribution >= 0.6 is 11.3 Å². The number of hydrogen-bond acceptors (Lipinski definition) is 10. The van der Waals surface area contributed by atoms with Crippen LogP contribution in [0.5, 0.6) is 0 Å². The average Bonchev–Trinajstić information content (AvgIpc) is 3.71. The number of carboxylic acids is 1. The Kier molecular flexibility index (Phi) is 8.14. The Labute approximate surface area is 233 Å². The molecule has 0 radical (unpaired) electrons. The van der Waals surface area contributed by atoms with E-state index in [1.165, 1.54) is 12.4 Å². The van der Waals surface area contributed by atoms with Crippen LogP contribution < -0.4 is 15.5 Å². The fraction of sp³-hybridized carbons (Fsp3) is 0.400. The van der Waals surface area contributed by atoms with E-state index in [0.29, 0.717) is 48.9 Å². The molecule has 1 aromatic carbocycles. The summed E-state index contributed by atoms with van der Waals surface area (Å²) in [6.07, 6.45) is 5.47. The molecule has 2 fully saturated rings. The monoisotopic (exact) mass is 588 g/mol. The van der Waals surface area contributed by atoms with E-state index in [4.69, 9.17) is 4.74 Å². The summed E-state index contributed by atoms with van der Waals surface area (Å²) in [6, 6.07) is 4.55. The van der Waals surface area contributed by atoms with E-state index in [1.54, 1.807) is 12.1 Å². The molecule has 13 nitrogen and oxygen atoms in total. The molecule has 2 aromatic heterocycles. The first-order valence-corrected chi connectivity index (χ1v) is 15.1. The molecule has 0 unspecified atom stereocenters. The molecular formula is C25H28N6O7S2. The first kappa shape index (κ1) is 27.7. The zero-order chi connectivity index (χ0) is 28.3. The number of ketones is 1. The van der Waals surface area contributed by atoms with E-state index < -0.39 is 28.3 Å². The van der Waals surface area contributed by atoms with Gasteiger partial charge in [-0.3, -0.25) is 14.9 Å². The second-order valence-electron chi connectivity index (χ2n) is 9.48. The number of carbonyl (C=O) groups is 3. The first-order valence-electron chi connectivity index (χ1n) is 12.8. The molecule has 1 saturated carbocycles. The Morgan fingerprint density at radius 3 is 2.58 bits per heavy atom. The minimum Gasteiger partial charge on any atom is -0.481 e. The molecule has 0 atom stereocenters. The summed E-state index contributed by atoms with van der Waals surface area (Å²) in [5.74, 6) is -1.43. The summed E-state index contributed by atoms with van der Waals surface area (Å²) in [4.78, 5) is 50.3. The summed E-state index contributed by atoms with van der Waals surface area (Å²) in [7, 11) is -4.19. The molecule has 5 rings (SSSR count). The number of aliphatic carboxylic acids is 1. The number of carbonyl (C=O) groups excluding carboxylic acids is 2. The second kappa shape index (κ2) is 11.7. The van der Waals surface area contributed by atoms with E-state index in [-0.39, 0.29) is 31.9 Å². The average molecular weight is 589 g/mol. The molecule has 0 spiro atoms. The molecule has 1 aliphatic carbocycles. The van der Waals surface area contributed by atoms with Crippen molar-refractivity contribution in [2.24, 2.45) is 5.92 Å². The van der Waals surface area contributed by atoms with Gasteiger partial charge in [0.25, 0.3) is 9.84 Å². The van der Waals surface area contributed by atoms with Crippen LogP contribution in [0.15, 0.2) is 40.0 Å². The molecule has 2 aliphatic rings. The van der Waals surface area contributed by atoms with Crippen LogP contribution in [0.1, 0.15) is 41.7 Å². The number of rotatable bonds is 9. The highest BCUT2D eigenvalue weighted by atomic mass is 32.2. The Hall–Kier alpha value is -3.82. The van der Waals surface area contributed by atoms with Crippen molar-refractivity contribution in [3.05, 3.63) is 41.9 Å². The van der Waals surface area contributed by atoms with Gasteiger partial charge >= 0.3 is 12.0 Å². The van der Waals surface area contributed by atoms with Gasteiger partial charge in [0.2, 0.25) is 5.16 Å². The molecule has 4 N–H and O–H groups in total. The van der Waals surface area contributed by atoms with Gasteiger partial charge < -0.3 is 25.0 Å². The molecule has 212 valence electrons. The normalized spacial score (nSPS) is 16.1. The molecule has 40 heavy (non-hydrogen) atoms. The number of urea groups is 1. The lowest BCUT2D eigenvalue weighted by Gasteiger charge is -2.29. The number of amides is 2. The molecule has 3 heterocycles. The quantitative estimate of drug-likeness (QED) is 0.271. The summed E-state index contributed by atoms with van der Waals surface area (Å²) in [6.45, 7) is 2.56. The lowest BCUT2D eigenvalue weighted by atomic mass is 9.94. The maximum absolute atomic E-state index is 13.5. The molecular weight excluding hydrogens is 560 g/mol. The zero-order valence-electron chi connectivity index (χ0n) is 21.4. The van der Waals surface area contributed by atoms with Crippen LogP contribution in [0.4, 0.5) is 21.3 Å². The predicted octanol–water partition coefficient (Wildman–Crippen LogP) is 3.18. The fourth-order valence-electron chi connectivity index (χ4n) is 4.86. The van der Waals surface area contributed by atoms with Crippen molar-refractivity contribution in [1.29, 1.82) is 0 Å².